The molecule has 0 radical (unpaired) electrons. The van der Waals surface area contributed by atoms with Gasteiger partial charge < -0.3 is 10.6 Å². The maximum absolute atomic E-state index is 9.42. The number of nitrogens with zero attached hydrogens (tertiary/aromatic N) is 2. The molecule has 0 spiro atoms. The summed E-state index contributed by atoms with van der Waals surface area (Å²) in [6, 6.07) is 17.8. The predicted octanol–water partition coefficient (Wildman–Crippen LogP) is 2.99. The van der Waals surface area contributed by atoms with Crippen molar-refractivity contribution in [3.63, 3.8) is 0 Å². The van der Waals surface area contributed by atoms with Crippen molar-refractivity contribution in [3.05, 3.63) is 59.7 Å². The molecular weight excluding hydrogens is 234 g/mol. The molecule has 0 saturated heterocycles. The van der Waals surface area contributed by atoms with Crippen molar-refractivity contribution >= 4 is 11.4 Å². The van der Waals surface area contributed by atoms with Crippen LogP contribution in [0, 0.1) is 11.3 Å². The zero-order valence-electron chi connectivity index (χ0n) is 11.2. The molecule has 2 N–H and O–H groups in total. The standard InChI is InChI=1S/C16H17N3/c1-19(2)13-9-7-12(8-10-13)15(11-17)14-5-3-4-6-16(14)18/h3-10,15H,18H2,1-2H3. The first-order chi connectivity index (χ1) is 9.13. The monoisotopic (exact) mass is 251 g/mol. The summed E-state index contributed by atoms with van der Waals surface area (Å²) < 4.78 is 0. The Morgan fingerprint density at radius 2 is 1.68 bits per heavy atom. The molecule has 2 aromatic carbocycles. The number of hydrogen-bond acceptors (Lipinski definition) is 3. The second kappa shape index (κ2) is 5.45. The van der Waals surface area contributed by atoms with Gasteiger partial charge in [0.25, 0.3) is 0 Å². The first-order valence-electron chi connectivity index (χ1n) is 6.15. The summed E-state index contributed by atoms with van der Waals surface area (Å²) >= 11 is 0. The highest BCUT2D eigenvalue weighted by atomic mass is 15.1. The zero-order valence-corrected chi connectivity index (χ0v) is 11.2. The highest BCUT2D eigenvalue weighted by molar-refractivity contribution is 5.55. The maximum atomic E-state index is 9.42. The number of hydrogen-bond donors (Lipinski definition) is 1. The number of rotatable bonds is 3. The topological polar surface area (TPSA) is 53.0 Å². The minimum Gasteiger partial charge on any atom is -0.398 e. The Morgan fingerprint density at radius 3 is 2.21 bits per heavy atom. The van der Waals surface area contributed by atoms with Crippen LogP contribution in [-0.4, -0.2) is 14.1 Å². The molecule has 0 aromatic heterocycles. The van der Waals surface area contributed by atoms with Crippen LogP contribution in [0.5, 0.6) is 0 Å². The van der Waals surface area contributed by atoms with E-state index in [1.807, 2.05) is 67.5 Å². The summed E-state index contributed by atoms with van der Waals surface area (Å²) in [5.74, 6) is -0.322. The van der Waals surface area contributed by atoms with E-state index in [9.17, 15) is 5.26 Å². The number of para-hydroxylation sites is 1. The molecular formula is C16H17N3. The fraction of sp³-hybridized carbons (Fsp3) is 0.188. The molecule has 3 heteroatoms. The highest BCUT2D eigenvalue weighted by Gasteiger charge is 2.15. The summed E-state index contributed by atoms with van der Waals surface area (Å²) in [6.07, 6.45) is 0. The lowest BCUT2D eigenvalue weighted by Crippen LogP contribution is -2.09. The predicted molar refractivity (Wildman–Crippen MR) is 79.1 cm³/mol. The van der Waals surface area contributed by atoms with E-state index in [1.165, 1.54) is 0 Å². The fourth-order valence-corrected chi connectivity index (χ4v) is 2.06. The van der Waals surface area contributed by atoms with Crippen LogP contribution >= 0.6 is 0 Å². The van der Waals surface area contributed by atoms with Crippen LogP contribution in [0.4, 0.5) is 11.4 Å². The quantitative estimate of drug-likeness (QED) is 0.853. The van der Waals surface area contributed by atoms with E-state index in [0.29, 0.717) is 5.69 Å². The number of benzene rings is 2. The average molecular weight is 251 g/mol. The van der Waals surface area contributed by atoms with E-state index >= 15 is 0 Å². The lowest BCUT2D eigenvalue weighted by atomic mass is 9.91. The van der Waals surface area contributed by atoms with Gasteiger partial charge in [-0.15, -0.1) is 0 Å². The third-order valence-electron chi connectivity index (χ3n) is 3.18. The van der Waals surface area contributed by atoms with E-state index < -0.39 is 0 Å². The summed E-state index contributed by atoms with van der Waals surface area (Å²) in [7, 11) is 3.98. The number of anilines is 2. The van der Waals surface area contributed by atoms with Crippen LogP contribution in [0.2, 0.25) is 0 Å². The summed E-state index contributed by atoms with van der Waals surface area (Å²) in [5, 5.41) is 9.42. The van der Waals surface area contributed by atoms with Crippen LogP contribution in [0.3, 0.4) is 0 Å². The highest BCUT2D eigenvalue weighted by Crippen LogP contribution is 2.29. The largest absolute Gasteiger partial charge is 0.398 e. The molecule has 19 heavy (non-hydrogen) atoms. The van der Waals surface area contributed by atoms with Crippen LogP contribution < -0.4 is 10.6 Å². The van der Waals surface area contributed by atoms with Gasteiger partial charge in [0.15, 0.2) is 0 Å². The number of nitrogen functional groups attached to an aromatic ring is 1. The SMILES string of the molecule is CN(C)c1ccc(C(C#N)c2ccccc2N)cc1. The van der Waals surface area contributed by atoms with Crippen molar-refractivity contribution in [2.45, 2.75) is 5.92 Å². The van der Waals surface area contributed by atoms with Crippen LogP contribution in [0.15, 0.2) is 48.5 Å². The van der Waals surface area contributed by atoms with Gasteiger partial charge in [-0.25, -0.2) is 0 Å². The van der Waals surface area contributed by atoms with Gasteiger partial charge in [-0.05, 0) is 29.3 Å². The molecule has 0 aliphatic heterocycles. The second-order valence-corrected chi connectivity index (χ2v) is 4.68. The van der Waals surface area contributed by atoms with Gasteiger partial charge >= 0.3 is 0 Å². The van der Waals surface area contributed by atoms with E-state index in [2.05, 4.69) is 6.07 Å². The third kappa shape index (κ3) is 2.69. The van der Waals surface area contributed by atoms with E-state index in [0.717, 1.165) is 16.8 Å². The Morgan fingerprint density at radius 1 is 1.05 bits per heavy atom. The Hall–Kier alpha value is -2.47. The third-order valence-corrected chi connectivity index (χ3v) is 3.18. The van der Waals surface area contributed by atoms with Gasteiger partial charge in [0, 0.05) is 25.5 Å². The Kier molecular flexibility index (Phi) is 3.72. The van der Waals surface area contributed by atoms with Gasteiger partial charge in [0.05, 0.1) is 12.0 Å². The van der Waals surface area contributed by atoms with Crippen molar-refractivity contribution in [1.82, 2.24) is 0 Å². The first-order valence-corrected chi connectivity index (χ1v) is 6.15. The molecule has 0 aliphatic rings. The molecule has 0 fully saturated rings. The molecule has 3 nitrogen and oxygen atoms in total. The summed E-state index contributed by atoms with van der Waals surface area (Å²) in [4.78, 5) is 2.03. The lowest BCUT2D eigenvalue weighted by Gasteiger charge is -2.15. The van der Waals surface area contributed by atoms with Gasteiger partial charge in [0.2, 0.25) is 0 Å². The first kappa shape index (κ1) is 13.0. The van der Waals surface area contributed by atoms with Crippen LogP contribution in [-0.2, 0) is 0 Å². The molecule has 96 valence electrons. The van der Waals surface area contributed by atoms with E-state index in [1.54, 1.807) is 0 Å². The van der Waals surface area contributed by atoms with E-state index in [4.69, 9.17) is 5.73 Å². The second-order valence-electron chi connectivity index (χ2n) is 4.68. The number of nitriles is 1. The van der Waals surface area contributed by atoms with E-state index in [-0.39, 0.29) is 5.92 Å². The molecule has 0 aliphatic carbocycles. The molecule has 2 rings (SSSR count). The Balaban J connectivity index is 2.38. The minimum atomic E-state index is -0.322. The summed E-state index contributed by atoms with van der Waals surface area (Å²) in [6.45, 7) is 0. The number of nitrogens with two attached hydrogens (primary N) is 1. The Bertz CT molecular complexity index is 594. The van der Waals surface area contributed by atoms with Gasteiger partial charge in [-0.2, -0.15) is 5.26 Å². The summed E-state index contributed by atoms with van der Waals surface area (Å²) in [5.41, 5.74) is 9.55. The zero-order chi connectivity index (χ0) is 13.8. The van der Waals surface area contributed by atoms with Crippen molar-refractivity contribution in [1.29, 1.82) is 5.26 Å². The minimum absolute atomic E-state index is 0.322. The normalized spacial score (nSPS) is 11.6. The molecule has 1 atom stereocenters. The fourth-order valence-electron chi connectivity index (χ4n) is 2.06. The van der Waals surface area contributed by atoms with Crippen LogP contribution in [0.25, 0.3) is 0 Å². The van der Waals surface area contributed by atoms with Gasteiger partial charge in [0.1, 0.15) is 0 Å². The van der Waals surface area contributed by atoms with Gasteiger partial charge in [-0.3, -0.25) is 0 Å². The van der Waals surface area contributed by atoms with Gasteiger partial charge in [-0.1, -0.05) is 30.3 Å². The lowest BCUT2D eigenvalue weighted by molar-refractivity contribution is 1.04. The smallest absolute Gasteiger partial charge is 0.0982 e. The van der Waals surface area contributed by atoms with Crippen LogP contribution in [0.1, 0.15) is 17.0 Å². The average Bonchev–Trinajstić information content (AvgIpc) is 2.42. The molecule has 0 amide bonds. The van der Waals surface area contributed by atoms with Crippen molar-refractivity contribution in [3.8, 4) is 6.07 Å². The Labute approximate surface area is 113 Å². The van der Waals surface area contributed by atoms with Crippen molar-refractivity contribution in [2.75, 3.05) is 24.7 Å². The molecule has 0 saturated carbocycles. The van der Waals surface area contributed by atoms with Crippen molar-refractivity contribution < 1.29 is 0 Å². The molecule has 0 bridgehead atoms. The maximum Gasteiger partial charge on any atom is 0.0982 e. The molecule has 1 unspecified atom stereocenters. The van der Waals surface area contributed by atoms with Crippen molar-refractivity contribution in [2.24, 2.45) is 0 Å². The molecule has 0 heterocycles. The molecule has 2 aromatic rings.